The van der Waals surface area contributed by atoms with E-state index in [1.807, 2.05) is 13.8 Å². The van der Waals surface area contributed by atoms with Crippen LogP contribution in [0.25, 0.3) is 0 Å². The zero-order valence-electron chi connectivity index (χ0n) is 19.8. The van der Waals surface area contributed by atoms with Crippen molar-refractivity contribution >= 4 is 35.7 Å². The highest BCUT2D eigenvalue weighted by Gasteiger charge is 2.28. The van der Waals surface area contributed by atoms with Crippen LogP contribution >= 0.6 is 12.6 Å². The normalized spacial score (nSPS) is 24.7. The quantitative estimate of drug-likeness (QED) is 0.335. The van der Waals surface area contributed by atoms with E-state index >= 15 is 0 Å². The fourth-order valence-electron chi connectivity index (χ4n) is 3.71. The third kappa shape index (κ3) is 12.3. The molecule has 184 valence electrons. The summed E-state index contributed by atoms with van der Waals surface area (Å²) in [7, 11) is 0. The first-order valence-corrected chi connectivity index (χ1v) is 12.4. The number of hydrogen-bond donors (Lipinski definition) is 4. The van der Waals surface area contributed by atoms with Gasteiger partial charge in [-0.2, -0.15) is 0 Å². The number of carbonyl (C=O) groups excluding carboxylic acids is 4. The smallest absolute Gasteiger partial charge is 0.408 e. The predicted octanol–water partition coefficient (Wildman–Crippen LogP) is 3.49. The molecule has 3 N–H and O–H groups in total. The number of hydrogen-bond acceptors (Lipinski definition) is 5. The number of thiol groups is 1. The summed E-state index contributed by atoms with van der Waals surface area (Å²) in [6.45, 7) is 6.58. The summed E-state index contributed by atoms with van der Waals surface area (Å²) in [6, 6.07) is -1.74. The van der Waals surface area contributed by atoms with Gasteiger partial charge in [-0.1, -0.05) is 40.0 Å². The second-order valence-electron chi connectivity index (χ2n) is 8.99. The molecule has 0 spiro atoms. The molecule has 1 heterocycles. The molecule has 0 saturated carbocycles. The van der Waals surface area contributed by atoms with Gasteiger partial charge in [0.2, 0.25) is 16.9 Å². The average molecular weight is 472 g/mol. The molecule has 32 heavy (non-hydrogen) atoms. The maximum atomic E-state index is 12.9. The summed E-state index contributed by atoms with van der Waals surface area (Å²) in [5.74, 6) is -0.497. The molecule has 1 fully saturated rings. The second-order valence-corrected chi connectivity index (χ2v) is 9.43. The largest absolute Gasteiger partial charge is 0.446 e. The SMILES string of the molecule is CCCCC[C@@H]1CCCCCNC(=O)CC[C@@H](C(=O)S)NC(=O)[C@H](CC(C)C)NC(=O)O1. The summed E-state index contributed by atoms with van der Waals surface area (Å²) >= 11 is 3.86. The molecule has 0 unspecified atom stereocenters. The Kier molecular flexibility index (Phi) is 14.1. The van der Waals surface area contributed by atoms with Crippen molar-refractivity contribution in [3.05, 3.63) is 0 Å². The van der Waals surface area contributed by atoms with Gasteiger partial charge in [-0.15, -0.1) is 12.6 Å². The molecule has 0 bridgehead atoms. The topological polar surface area (TPSA) is 114 Å². The highest BCUT2D eigenvalue weighted by Crippen LogP contribution is 2.16. The van der Waals surface area contributed by atoms with Crippen LogP contribution in [0.4, 0.5) is 4.79 Å². The van der Waals surface area contributed by atoms with Crippen molar-refractivity contribution in [2.75, 3.05) is 6.54 Å². The van der Waals surface area contributed by atoms with Crippen molar-refractivity contribution in [2.45, 2.75) is 110 Å². The second kappa shape index (κ2) is 15.9. The molecule has 8 nitrogen and oxygen atoms in total. The minimum atomic E-state index is -0.901. The monoisotopic (exact) mass is 471 g/mol. The molecule has 0 aromatic heterocycles. The van der Waals surface area contributed by atoms with Crippen molar-refractivity contribution in [3.63, 3.8) is 0 Å². The molecule has 3 amide bonds. The maximum absolute atomic E-state index is 12.9. The van der Waals surface area contributed by atoms with Gasteiger partial charge in [-0.05, 0) is 50.9 Å². The van der Waals surface area contributed by atoms with Gasteiger partial charge in [-0.3, -0.25) is 14.4 Å². The number of unbranched alkanes of at least 4 members (excludes halogenated alkanes) is 2. The van der Waals surface area contributed by atoms with Crippen LogP contribution in [-0.2, 0) is 19.1 Å². The molecule has 0 aliphatic carbocycles. The Morgan fingerprint density at radius 3 is 2.50 bits per heavy atom. The van der Waals surface area contributed by atoms with E-state index in [9.17, 15) is 19.2 Å². The van der Waals surface area contributed by atoms with E-state index in [2.05, 4.69) is 35.5 Å². The molecule has 9 heteroatoms. The van der Waals surface area contributed by atoms with Crippen LogP contribution in [0.3, 0.4) is 0 Å². The number of ether oxygens (including phenoxy) is 1. The zero-order chi connectivity index (χ0) is 23.9. The summed E-state index contributed by atoms with van der Waals surface area (Å²) in [6.07, 6.45) is 7.17. The number of alkyl carbamates (subject to hydrolysis) is 1. The van der Waals surface area contributed by atoms with Crippen LogP contribution in [0.1, 0.15) is 91.4 Å². The lowest BCUT2D eigenvalue weighted by Crippen LogP contribution is -2.52. The Bertz CT molecular complexity index is 614. The molecule has 0 radical (unpaired) electrons. The maximum Gasteiger partial charge on any atom is 0.408 e. The third-order valence-electron chi connectivity index (χ3n) is 5.52. The highest BCUT2D eigenvalue weighted by molar-refractivity contribution is 7.96. The van der Waals surface area contributed by atoms with E-state index in [1.165, 1.54) is 0 Å². The predicted molar refractivity (Wildman–Crippen MR) is 127 cm³/mol. The first kappa shape index (κ1) is 28.3. The fourth-order valence-corrected chi connectivity index (χ4v) is 3.90. The molecule has 1 saturated heterocycles. The van der Waals surface area contributed by atoms with Crippen LogP contribution in [-0.4, -0.2) is 47.8 Å². The Labute approximate surface area is 197 Å². The number of cyclic esters (lactones) is 1. The molecule has 0 aromatic rings. The Hall–Kier alpha value is -1.77. The average Bonchev–Trinajstić information content (AvgIpc) is 2.71. The summed E-state index contributed by atoms with van der Waals surface area (Å²) in [4.78, 5) is 49.5. The zero-order valence-corrected chi connectivity index (χ0v) is 20.7. The van der Waals surface area contributed by atoms with Crippen LogP contribution in [0, 0.1) is 5.92 Å². The highest BCUT2D eigenvalue weighted by atomic mass is 32.1. The van der Waals surface area contributed by atoms with Crippen molar-refractivity contribution in [1.82, 2.24) is 16.0 Å². The molecule has 1 aliphatic heterocycles. The first-order valence-electron chi connectivity index (χ1n) is 12.0. The molecule has 1 rings (SSSR count). The molecular weight excluding hydrogens is 430 g/mol. The van der Waals surface area contributed by atoms with Crippen LogP contribution in [0.5, 0.6) is 0 Å². The Morgan fingerprint density at radius 2 is 1.84 bits per heavy atom. The summed E-state index contributed by atoms with van der Waals surface area (Å²) in [5, 5.41) is 7.67. The number of amides is 3. The molecule has 0 aromatic carbocycles. The van der Waals surface area contributed by atoms with Crippen molar-refractivity contribution < 1.29 is 23.9 Å². The van der Waals surface area contributed by atoms with E-state index in [-0.39, 0.29) is 30.8 Å². The lowest BCUT2D eigenvalue weighted by molar-refractivity contribution is -0.127. The summed E-state index contributed by atoms with van der Waals surface area (Å²) in [5.41, 5.74) is 0. The van der Waals surface area contributed by atoms with E-state index in [0.29, 0.717) is 13.0 Å². The minimum absolute atomic E-state index is 0.112. The van der Waals surface area contributed by atoms with Gasteiger partial charge in [0.1, 0.15) is 12.1 Å². The lowest BCUT2D eigenvalue weighted by Gasteiger charge is -2.24. The van der Waals surface area contributed by atoms with Gasteiger partial charge in [-0.25, -0.2) is 4.79 Å². The van der Waals surface area contributed by atoms with Crippen LogP contribution in [0.2, 0.25) is 0 Å². The lowest BCUT2D eigenvalue weighted by atomic mass is 10.0. The molecule has 1 aliphatic rings. The number of nitrogens with one attached hydrogen (secondary N) is 3. The van der Waals surface area contributed by atoms with E-state index in [1.54, 1.807) is 0 Å². The van der Waals surface area contributed by atoms with Crippen LogP contribution in [0.15, 0.2) is 0 Å². The van der Waals surface area contributed by atoms with Gasteiger partial charge < -0.3 is 20.7 Å². The standard InChI is InChI=1S/C23H41N3O5S/c1-4-5-7-10-17-11-8-6-9-14-24-20(27)13-12-18(22(29)32)25-21(28)19(15-16(2)3)26-23(30)31-17/h16-19H,4-15H2,1-3H3,(H,24,27)(H,25,28)(H,26,30)(H,29,32)/t17-,18+,19+/m1/s1. The number of carbonyl (C=O) groups is 4. The summed E-state index contributed by atoms with van der Waals surface area (Å²) < 4.78 is 5.69. The van der Waals surface area contributed by atoms with Gasteiger partial charge in [0.15, 0.2) is 0 Å². The van der Waals surface area contributed by atoms with Gasteiger partial charge in [0.25, 0.3) is 0 Å². The van der Waals surface area contributed by atoms with Gasteiger partial charge in [0.05, 0.1) is 6.04 Å². The van der Waals surface area contributed by atoms with Crippen molar-refractivity contribution in [3.8, 4) is 0 Å². The van der Waals surface area contributed by atoms with Crippen molar-refractivity contribution in [1.29, 1.82) is 0 Å². The van der Waals surface area contributed by atoms with E-state index in [0.717, 1.165) is 51.4 Å². The first-order chi connectivity index (χ1) is 15.2. The molecule has 3 atom stereocenters. The van der Waals surface area contributed by atoms with E-state index < -0.39 is 29.2 Å². The number of rotatable bonds is 7. The molecular formula is C23H41N3O5S. The Morgan fingerprint density at radius 1 is 1.09 bits per heavy atom. The van der Waals surface area contributed by atoms with Gasteiger partial charge in [0, 0.05) is 13.0 Å². The van der Waals surface area contributed by atoms with Crippen molar-refractivity contribution in [2.24, 2.45) is 5.92 Å². The van der Waals surface area contributed by atoms with E-state index in [4.69, 9.17) is 4.74 Å². The Balaban J connectivity index is 2.95. The van der Waals surface area contributed by atoms with Crippen LogP contribution < -0.4 is 16.0 Å². The third-order valence-corrected chi connectivity index (χ3v) is 5.83. The minimum Gasteiger partial charge on any atom is -0.446 e. The van der Waals surface area contributed by atoms with Gasteiger partial charge >= 0.3 is 6.09 Å². The fraction of sp³-hybridized carbons (Fsp3) is 0.826.